The Morgan fingerprint density at radius 3 is 2.63 bits per heavy atom. The van der Waals surface area contributed by atoms with Crippen LogP contribution in [0.3, 0.4) is 0 Å². The molecule has 0 saturated carbocycles. The fourth-order valence-electron chi connectivity index (χ4n) is 4.04. The SMILES string of the molecule is CN=C(NCCc1c[nH]c2cc(C)ccc12)N1CCN(c2ccccc2O)CC1.I. The normalized spacial score (nSPS) is 14.7. The predicted octanol–water partition coefficient (Wildman–Crippen LogP) is 3.74. The minimum atomic E-state index is 0. The van der Waals surface area contributed by atoms with Crippen LogP contribution < -0.4 is 10.2 Å². The zero-order valence-corrected chi connectivity index (χ0v) is 19.9. The molecule has 4 rings (SSSR count). The molecule has 0 spiro atoms. The van der Waals surface area contributed by atoms with Gasteiger partial charge in [-0.3, -0.25) is 4.99 Å². The Kier molecular flexibility index (Phi) is 7.47. The number of guanidine groups is 1. The third-order valence-corrected chi connectivity index (χ3v) is 5.61. The number of halogens is 1. The maximum Gasteiger partial charge on any atom is 0.193 e. The number of aliphatic imine (C=N–C) groups is 1. The van der Waals surface area contributed by atoms with Crippen molar-refractivity contribution in [3.8, 4) is 5.75 Å². The van der Waals surface area contributed by atoms with Crippen LogP contribution in [0.1, 0.15) is 11.1 Å². The summed E-state index contributed by atoms with van der Waals surface area (Å²) in [4.78, 5) is 12.4. The number of para-hydroxylation sites is 2. The van der Waals surface area contributed by atoms with E-state index in [-0.39, 0.29) is 24.0 Å². The Morgan fingerprint density at radius 2 is 1.90 bits per heavy atom. The molecule has 0 unspecified atom stereocenters. The molecular formula is C23H30IN5O. The van der Waals surface area contributed by atoms with Crippen molar-refractivity contribution in [3.05, 3.63) is 59.8 Å². The van der Waals surface area contributed by atoms with Crippen molar-refractivity contribution in [1.29, 1.82) is 0 Å². The molecule has 2 aromatic carbocycles. The summed E-state index contributed by atoms with van der Waals surface area (Å²) in [7, 11) is 1.84. The van der Waals surface area contributed by atoms with E-state index in [1.54, 1.807) is 6.07 Å². The van der Waals surface area contributed by atoms with E-state index in [4.69, 9.17) is 0 Å². The maximum absolute atomic E-state index is 10.1. The Balaban J connectivity index is 0.00000256. The number of rotatable bonds is 4. The van der Waals surface area contributed by atoms with Crippen LogP contribution in [0.25, 0.3) is 10.9 Å². The van der Waals surface area contributed by atoms with Gasteiger partial charge in [-0.15, -0.1) is 24.0 Å². The first kappa shape index (κ1) is 22.3. The van der Waals surface area contributed by atoms with Crippen molar-refractivity contribution in [1.82, 2.24) is 15.2 Å². The Labute approximate surface area is 195 Å². The highest BCUT2D eigenvalue weighted by atomic mass is 127. The lowest BCUT2D eigenvalue weighted by molar-refractivity contribution is 0.370. The van der Waals surface area contributed by atoms with Crippen LogP contribution in [0.15, 0.2) is 53.7 Å². The summed E-state index contributed by atoms with van der Waals surface area (Å²) in [6, 6.07) is 14.1. The Bertz CT molecular complexity index is 1010. The van der Waals surface area contributed by atoms with Crippen LogP contribution in [0, 0.1) is 6.92 Å². The molecule has 1 aromatic heterocycles. The molecular weight excluding hydrogens is 489 g/mol. The molecule has 0 radical (unpaired) electrons. The molecule has 7 heteroatoms. The molecule has 2 heterocycles. The van der Waals surface area contributed by atoms with Gasteiger partial charge in [0.25, 0.3) is 0 Å². The van der Waals surface area contributed by atoms with Crippen LogP contribution in [0.5, 0.6) is 5.75 Å². The number of aromatic amines is 1. The number of piperazine rings is 1. The van der Waals surface area contributed by atoms with E-state index >= 15 is 0 Å². The van der Waals surface area contributed by atoms with E-state index in [0.29, 0.717) is 5.75 Å². The second-order valence-corrected chi connectivity index (χ2v) is 7.55. The number of phenols is 1. The summed E-state index contributed by atoms with van der Waals surface area (Å²) in [5.41, 5.74) is 4.70. The number of nitrogens with one attached hydrogen (secondary N) is 2. The molecule has 0 atom stereocenters. The van der Waals surface area contributed by atoms with Crippen LogP contribution >= 0.6 is 24.0 Å². The first-order valence-electron chi connectivity index (χ1n) is 10.2. The quantitative estimate of drug-likeness (QED) is 0.279. The van der Waals surface area contributed by atoms with E-state index in [1.807, 2.05) is 25.2 Å². The number of aromatic hydroxyl groups is 1. The molecule has 6 nitrogen and oxygen atoms in total. The predicted molar refractivity (Wildman–Crippen MR) is 135 cm³/mol. The minimum Gasteiger partial charge on any atom is -0.506 e. The smallest absolute Gasteiger partial charge is 0.193 e. The summed E-state index contributed by atoms with van der Waals surface area (Å²) < 4.78 is 0. The van der Waals surface area contributed by atoms with Crippen molar-refractivity contribution in [2.75, 3.05) is 44.7 Å². The average Bonchev–Trinajstić information content (AvgIpc) is 3.14. The van der Waals surface area contributed by atoms with Crippen molar-refractivity contribution in [2.24, 2.45) is 4.99 Å². The number of hydrogen-bond donors (Lipinski definition) is 3. The first-order chi connectivity index (χ1) is 14.2. The average molecular weight is 519 g/mol. The van der Waals surface area contributed by atoms with Gasteiger partial charge in [0.05, 0.1) is 5.69 Å². The lowest BCUT2D eigenvalue weighted by Gasteiger charge is -2.37. The van der Waals surface area contributed by atoms with Gasteiger partial charge in [0.2, 0.25) is 0 Å². The lowest BCUT2D eigenvalue weighted by Crippen LogP contribution is -2.52. The molecule has 1 aliphatic heterocycles. The standard InChI is InChI=1S/C23H29N5O.HI/c1-17-7-8-19-18(16-26-20(19)15-17)9-10-25-23(24-2)28-13-11-27(12-14-28)21-5-3-4-6-22(21)29;/h3-8,15-16,26,29H,9-14H2,1-2H3,(H,24,25);1H. The number of benzene rings is 2. The highest BCUT2D eigenvalue weighted by Crippen LogP contribution is 2.27. The molecule has 1 saturated heterocycles. The molecule has 1 fully saturated rings. The highest BCUT2D eigenvalue weighted by Gasteiger charge is 2.21. The monoisotopic (exact) mass is 519 g/mol. The van der Waals surface area contributed by atoms with Gasteiger partial charge >= 0.3 is 0 Å². The number of aromatic nitrogens is 1. The van der Waals surface area contributed by atoms with Crippen molar-refractivity contribution < 1.29 is 5.11 Å². The Morgan fingerprint density at radius 1 is 1.13 bits per heavy atom. The van der Waals surface area contributed by atoms with E-state index in [2.05, 4.69) is 56.4 Å². The zero-order valence-electron chi connectivity index (χ0n) is 17.6. The van der Waals surface area contributed by atoms with Gasteiger partial charge in [-0.2, -0.15) is 0 Å². The van der Waals surface area contributed by atoms with Crippen LogP contribution in [-0.2, 0) is 6.42 Å². The molecule has 3 aromatic rings. The number of anilines is 1. The largest absolute Gasteiger partial charge is 0.506 e. The molecule has 30 heavy (non-hydrogen) atoms. The summed E-state index contributed by atoms with van der Waals surface area (Å²) in [5, 5.41) is 14.9. The maximum atomic E-state index is 10.1. The number of H-pyrrole nitrogens is 1. The fraction of sp³-hybridized carbons (Fsp3) is 0.348. The van der Waals surface area contributed by atoms with Gasteiger partial charge in [-0.05, 0) is 42.7 Å². The Hall–Kier alpha value is -2.42. The molecule has 0 amide bonds. The topological polar surface area (TPSA) is 66.9 Å². The summed E-state index contributed by atoms with van der Waals surface area (Å²) >= 11 is 0. The second kappa shape index (κ2) is 10.1. The molecule has 1 aliphatic rings. The molecule has 0 bridgehead atoms. The molecule has 3 N–H and O–H groups in total. The van der Waals surface area contributed by atoms with Crippen LogP contribution in [0.2, 0.25) is 0 Å². The van der Waals surface area contributed by atoms with E-state index < -0.39 is 0 Å². The van der Waals surface area contributed by atoms with Gasteiger partial charge in [-0.25, -0.2) is 0 Å². The van der Waals surface area contributed by atoms with Crippen LogP contribution in [0.4, 0.5) is 5.69 Å². The minimum absolute atomic E-state index is 0. The van der Waals surface area contributed by atoms with Gasteiger partial charge in [-0.1, -0.05) is 24.3 Å². The first-order valence-corrected chi connectivity index (χ1v) is 10.2. The highest BCUT2D eigenvalue weighted by molar-refractivity contribution is 14.0. The number of nitrogens with zero attached hydrogens (tertiary/aromatic N) is 3. The summed E-state index contributed by atoms with van der Waals surface area (Å²) in [6.45, 7) is 6.43. The van der Waals surface area contributed by atoms with Gasteiger partial charge in [0.1, 0.15) is 5.75 Å². The third kappa shape index (κ3) is 4.83. The number of aryl methyl sites for hydroxylation is 1. The van der Waals surface area contributed by atoms with Crippen LogP contribution in [-0.4, -0.2) is 60.7 Å². The number of phenolic OH excluding ortho intramolecular Hbond substituents is 1. The molecule has 0 aliphatic carbocycles. The summed E-state index contributed by atoms with van der Waals surface area (Å²) in [6.07, 6.45) is 3.06. The lowest BCUT2D eigenvalue weighted by atomic mass is 10.1. The van der Waals surface area contributed by atoms with E-state index in [9.17, 15) is 5.11 Å². The van der Waals surface area contributed by atoms with Gasteiger partial charge < -0.3 is 25.2 Å². The second-order valence-electron chi connectivity index (χ2n) is 7.55. The van der Waals surface area contributed by atoms with Crippen molar-refractivity contribution in [3.63, 3.8) is 0 Å². The van der Waals surface area contributed by atoms with Crippen molar-refractivity contribution in [2.45, 2.75) is 13.3 Å². The van der Waals surface area contributed by atoms with Gasteiger partial charge in [0, 0.05) is 56.9 Å². The van der Waals surface area contributed by atoms with Gasteiger partial charge in [0.15, 0.2) is 5.96 Å². The van der Waals surface area contributed by atoms with E-state index in [0.717, 1.165) is 50.8 Å². The number of hydrogen-bond acceptors (Lipinski definition) is 3. The zero-order chi connectivity index (χ0) is 20.2. The summed E-state index contributed by atoms with van der Waals surface area (Å²) in [5.74, 6) is 1.29. The molecule has 160 valence electrons. The third-order valence-electron chi connectivity index (χ3n) is 5.61. The number of fused-ring (bicyclic) bond motifs is 1. The van der Waals surface area contributed by atoms with E-state index in [1.165, 1.54) is 22.0 Å². The fourth-order valence-corrected chi connectivity index (χ4v) is 4.04. The van der Waals surface area contributed by atoms with Crippen molar-refractivity contribution >= 4 is 46.5 Å².